The lowest BCUT2D eigenvalue weighted by molar-refractivity contribution is 0.182. The number of aliphatic hydroxyl groups is 1. The number of sulfonamides is 1. The number of aryl methyl sites for hydroxylation is 1. The number of halogens is 1. The summed E-state index contributed by atoms with van der Waals surface area (Å²) in [6, 6.07) is 11.8. The SMILES string of the molecule is COc1ccc(Cl)cc1S(=O)(=O)NC[C@H](O)c1ccc2c(ccn2C)c1. The Morgan fingerprint density at radius 2 is 2.00 bits per heavy atom. The fourth-order valence-corrected chi connectivity index (χ4v) is 4.22. The fourth-order valence-electron chi connectivity index (χ4n) is 2.75. The highest BCUT2D eigenvalue weighted by Gasteiger charge is 2.21. The van der Waals surface area contributed by atoms with Crippen molar-refractivity contribution < 1.29 is 18.3 Å². The van der Waals surface area contributed by atoms with Crippen LogP contribution in [0.25, 0.3) is 10.9 Å². The third kappa shape index (κ3) is 3.71. The van der Waals surface area contributed by atoms with E-state index < -0.39 is 16.1 Å². The lowest BCUT2D eigenvalue weighted by Crippen LogP contribution is -2.28. The van der Waals surface area contributed by atoms with Crippen LogP contribution in [-0.2, 0) is 17.1 Å². The summed E-state index contributed by atoms with van der Waals surface area (Å²) in [5, 5.41) is 11.6. The molecular weight excluding hydrogens is 376 g/mol. The van der Waals surface area contributed by atoms with E-state index in [0.717, 1.165) is 10.9 Å². The number of fused-ring (bicyclic) bond motifs is 1. The van der Waals surface area contributed by atoms with Crippen LogP contribution >= 0.6 is 11.6 Å². The second-order valence-corrected chi connectivity index (χ2v) is 8.08. The average Bonchev–Trinajstić information content (AvgIpc) is 3.00. The minimum absolute atomic E-state index is 0.0711. The van der Waals surface area contributed by atoms with Gasteiger partial charge >= 0.3 is 0 Å². The van der Waals surface area contributed by atoms with Crippen LogP contribution in [0.5, 0.6) is 5.75 Å². The molecule has 3 rings (SSSR count). The number of benzene rings is 2. The summed E-state index contributed by atoms with van der Waals surface area (Å²) in [6.45, 7) is -0.170. The van der Waals surface area contributed by atoms with E-state index in [1.54, 1.807) is 12.1 Å². The zero-order valence-corrected chi connectivity index (χ0v) is 15.9. The van der Waals surface area contributed by atoms with E-state index in [0.29, 0.717) is 5.56 Å². The largest absolute Gasteiger partial charge is 0.495 e. The molecule has 0 bridgehead atoms. The van der Waals surface area contributed by atoms with Gasteiger partial charge < -0.3 is 14.4 Å². The lowest BCUT2D eigenvalue weighted by atomic mass is 10.1. The van der Waals surface area contributed by atoms with Crippen molar-refractivity contribution in [3.8, 4) is 5.75 Å². The van der Waals surface area contributed by atoms with E-state index in [1.807, 2.05) is 36.0 Å². The predicted molar refractivity (Wildman–Crippen MR) is 101 cm³/mol. The number of aromatic nitrogens is 1. The summed E-state index contributed by atoms with van der Waals surface area (Å²) in [6.07, 6.45) is 0.939. The highest BCUT2D eigenvalue weighted by Crippen LogP contribution is 2.27. The third-order valence-corrected chi connectivity index (χ3v) is 5.86. The standard InChI is InChI=1S/C18H19ClN2O4S/c1-21-8-7-12-9-13(3-5-15(12)21)16(22)11-20-26(23,24)18-10-14(19)4-6-17(18)25-2/h3-10,16,20,22H,11H2,1-2H3/t16-/m0/s1. The molecule has 0 aliphatic rings. The second kappa shape index (κ2) is 7.28. The van der Waals surface area contributed by atoms with Gasteiger partial charge in [0.05, 0.1) is 13.2 Å². The van der Waals surface area contributed by atoms with Crippen LogP contribution in [-0.4, -0.2) is 31.7 Å². The minimum Gasteiger partial charge on any atom is -0.495 e. The van der Waals surface area contributed by atoms with E-state index in [-0.39, 0.29) is 22.2 Å². The molecule has 0 radical (unpaired) electrons. The van der Waals surface area contributed by atoms with Gasteiger partial charge in [0.1, 0.15) is 10.6 Å². The minimum atomic E-state index is -3.89. The molecule has 0 fully saturated rings. The number of hydrogen-bond acceptors (Lipinski definition) is 4. The summed E-state index contributed by atoms with van der Waals surface area (Å²) in [5.74, 6) is 0.182. The number of ether oxygens (including phenoxy) is 1. The van der Waals surface area contributed by atoms with E-state index >= 15 is 0 Å². The van der Waals surface area contributed by atoms with Crippen LogP contribution in [0.1, 0.15) is 11.7 Å². The molecule has 2 aromatic carbocycles. The van der Waals surface area contributed by atoms with Gasteiger partial charge in [-0.2, -0.15) is 0 Å². The molecule has 0 saturated heterocycles. The van der Waals surface area contributed by atoms with E-state index in [1.165, 1.54) is 19.2 Å². The molecule has 3 aromatic rings. The van der Waals surface area contributed by atoms with Crippen LogP contribution in [0, 0.1) is 0 Å². The zero-order chi connectivity index (χ0) is 18.9. The molecule has 0 saturated carbocycles. The summed E-state index contributed by atoms with van der Waals surface area (Å²) in [4.78, 5) is -0.0711. The van der Waals surface area contributed by atoms with Gasteiger partial charge in [-0.1, -0.05) is 17.7 Å². The van der Waals surface area contributed by atoms with Crippen molar-refractivity contribution in [3.63, 3.8) is 0 Å². The van der Waals surface area contributed by atoms with E-state index in [9.17, 15) is 13.5 Å². The third-order valence-electron chi connectivity index (χ3n) is 4.18. The maximum atomic E-state index is 12.6. The molecule has 0 aliphatic heterocycles. The highest BCUT2D eigenvalue weighted by atomic mass is 35.5. The Morgan fingerprint density at radius 1 is 1.23 bits per heavy atom. The van der Waals surface area contributed by atoms with Gasteiger partial charge in [-0.25, -0.2) is 13.1 Å². The number of hydrogen-bond donors (Lipinski definition) is 2. The number of aliphatic hydroxyl groups excluding tert-OH is 1. The van der Waals surface area contributed by atoms with Gasteiger partial charge in [-0.15, -0.1) is 0 Å². The van der Waals surface area contributed by atoms with Crippen molar-refractivity contribution in [1.29, 1.82) is 0 Å². The maximum absolute atomic E-state index is 12.6. The van der Waals surface area contributed by atoms with Crippen LogP contribution in [0.2, 0.25) is 5.02 Å². The molecule has 6 nitrogen and oxygen atoms in total. The van der Waals surface area contributed by atoms with Crippen LogP contribution in [0.3, 0.4) is 0 Å². The summed E-state index contributed by atoms with van der Waals surface area (Å²) in [5.41, 5.74) is 1.66. The van der Waals surface area contributed by atoms with Crippen LogP contribution < -0.4 is 9.46 Å². The Kier molecular flexibility index (Phi) is 5.24. The van der Waals surface area contributed by atoms with Gasteiger partial charge in [0.15, 0.2) is 0 Å². The van der Waals surface area contributed by atoms with Gasteiger partial charge in [-0.3, -0.25) is 0 Å². The molecule has 1 atom stereocenters. The van der Waals surface area contributed by atoms with Crippen molar-refractivity contribution in [2.45, 2.75) is 11.0 Å². The van der Waals surface area contributed by atoms with E-state index in [4.69, 9.17) is 16.3 Å². The Morgan fingerprint density at radius 3 is 2.73 bits per heavy atom. The van der Waals surface area contributed by atoms with Gasteiger partial charge in [0.2, 0.25) is 10.0 Å². The molecule has 8 heteroatoms. The molecule has 2 N–H and O–H groups in total. The lowest BCUT2D eigenvalue weighted by Gasteiger charge is -2.15. The smallest absolute Gasteiger partial charge is 0.244 e. The van der Waals surface area contributed by atoms with Crippen molar-refractivity contribution in [1.82, 2.24) is 9.29 Å². The Balaban J connectivity index is 1.79. The second-order valence-electron chi connectivity index (χ2n) is 5.91. The quantitative estimate of drug-likeness (QED) is 0.673. The fraction of sp³-hybridized carbons (Fsp3) is 0.222. The topological polar surface area (TPSA) is 80.6 Å². The van der Waals surface area contributed by atoms with Crippen LogP contribution in [0.15, 0.2) is 53.6 Å². The van der Waals surface area contributed by atoms with Crippen molar-refractivity contribution in [3.05, 3.63) is 59.2 Å². The first-order valence-electron chi connectivity index (χ1n) is 7.88. The first-order valence-corrected chi connectivity index (χ1v) is 9.74. The molecule has 0 amide bonds. The normalized spacial score (nSPS) is 13.1. The summed E-state index contributed by atoms with van der Waals surface area (Å²) in [7, 11) is -0.574. The molecule has 1 aromatic heterocycles. The zero-order valence-electron chi connectivity index (χ0n) is 14.3. The number of nitrogens with zero attached hydrogens (tertiary/aromatic N) is 1. The highest BCUT2D eigenvalue weighted by molar-refractivity contribution is 7.89. The Bertz CT molecular complexity index is 1050. The predicted octanol–water partition coefficient (Wildman–Crippen LogP) is 2.85. The number of methoxy groups -OCH3 is 1. The molecule has 0 spiro atoms. The number of rotatable bonds is 6. The van der Waals surface area contributed by atoms with Gasteiger partial charge in [0.25, 0.3) is 0 Å². The van der Waals surface area contributed by atoms with Gasteiger partial charge in [0, 0.05) is 30.3 Å². The molecule has 26 heavy (non-hydrogen) atoms. The van der Waals surface area contributed by atoms with Crippen molar-refractivity contribution in [2.75, 3.05) is 13.7 Å². The summed E-state index contributed by atoms with van der Waals surface area (Å²) < 4.78 is 34.6. The van der Waals surface area contributed by atoms with Gasteiger partial charge in [-0.05, 0) is 47.3 Å². The first-order chi connectivity index (χ1) is 12.3. The molecule has 138 valence electrons. The van der Waals surface area contributed by atoms with Crippen molar-refractivity contribution >= 4 is 32.5 Å². The van der Waals surface area contributed by atoms with Crippen LogP contribution in [0.4, 0.5) is 0 Å². The van der Waals surface area contributed by atoms with Crippen molar-refractivity contribution in [2.24, 2.45) is 7.05 Å². The molecular formula is C18H19ClN2O4S. The molecule has 0 unspecified atom stereocenters. The first kappa shape index (κ1) is 18.7. The monoisotopic (exact) mass is 394 g/mol. The van der Waals surface area contributed by atoms with E-state index in [2.05, 4.69) is 4.72 Å². The molecule has 1 heterocycles. The number of nitrogens with one attached hydrogen (secondary N) is 1. The summed E-state index contributed by atoms with van der Waals surface area (Å²) >= 11 is 5.90. The Hall–Kier alpha value is -2.06. The average molecular weight is 395 g/mol. The maximum Gasteiger partial charge on any atom is 0.244 e. The molecule has 0 aliphatic carbocycles. The Labute approximate surface area is 157 Å².